The summed E-state index contributed by atoms with van der Waals surface area (Å²) in [7, 11) is 3.54. The van der Waals surface area contributed by atoms with Crippen LogP contribution in [0.3, 0.4) is 0 Å². The molecule has 0 aliphatic carbocycles. The topological polar surface area (TPSA) is 64.4 Å². The third kappa shape index (κ3) is 3.80. The van der Waals surface area contributed by atoms with Gasteiger partial charge >= 0.3 is 0 Å². The highest BCUT2D eigenvalue weighted by Gasteiger charge is 2.12. The van der Waals surface area contributed by atoms with Crippen LogP contribution in [0.5, 0.6) is 0 Å². The van der Waals surface area contributed by atoms with E-state index in [1.165, 1.54) is 0 Å². The molecule has 1 atom stereocenters. The Kier molecular flexibility index (Phi) is 5.06. The number of likely N-dealkylation sites (N-methyl/N-ethyl adjacent to an activating group) is 1. The Balaban J connectivity index is 2.79. The van der Waals surface area contributed by atoms with Gasteiger partial charge in [0.25, 0.3) is 5.69 Å². The number of aryl methyl sites for hydroxylation is 1. The van der Waals surface area contributed by atoms with Crippen LogP contribution >= 0.6 is 0 Å². The highest BCUT2D eigenvalue weighted by molar-refractivity contribution is 5.42. The SMILES string of the molecule is CNC(COC)Cc1ccc([N+](=O)[O-])c(C)c1. The van der Waals surface area contributed by atoms with E-state index in [-0.39, 0.29) is 16.7 Å². The lowest BCUT2D eigenvalue weighted by Crippen LogP contribution is -2.32. The van der Waals surface area contributed by atoms with Gasteiger partial charge < -0.3 is 10.1 Å². The van der Waals surface area contributed by atoms with E-state index in [9.17, 15) is 10.1 Å². The summed E-state index contributed by atoms with van der Waals surface area (Å²) >= 11 is 0. The van der Waals surface area contributed by atoms with Crippen LogP contribution in [0.4, 0.5) is 5.69 Å². The molecule has 17 heavy (non-hydrogen) atoms. The number of hydrogen-bond acceptors (Lipinski definition) is 4. The summed E-state index contributed by atoms with van der Waals surface area (Å²) in [4.78, 5) is 10.3. The van der Waals surface area contributed by atoms with Gasteiger partial charge in [-0.05, 0) is 32.0 Å². The van der Waals surface area contributed by atoms with Crippen LogP contribution in [-0.2, 0) is 11.2 Å². The van der Waals surface area contributed by atoms with Gasteiger partial charge in [0.15, 0.2) is 0 Å². The van der Waals surface area contributed by atoms with E-state index in [2.05, 4.69) is 5.32 Å². The Morgan fingerprint density at radius 2 is 2.24 bits per heavy atom. The summed E-state index contributed by atoms with van der Waals surface area (Å²) in [5.74, 6) is 0. The second-order valence-electron chi connectivity index (χ2n) is 4.02. The Morgan fingerprint density at radius 3 is 2.71 bits per heavy atom. The van der Waals surface area contributed by atoms with Crippen LogP contribution in [-0.4, -0.2) is 31.7 Å². The van der Waals surface area contributed by atoms with Gasteiger partial charge in [-0.2, -0.15) is 0 Å². The fourth-order valence-electron chi connectivity index (χ4n) is 1.78. The minimum absolute atomic E-state index is 0.168. The number of ether oxygens (including phenoxy) is 1. The number of nitrogens with one attached hydrogen (secondary N) is 1. The number of rotatable bonds is 6. The molecule has 0 bridgehead atoms. The molecule has 0 radical (unpaired) electrons. The van der Waals surface area contributed by atoms with E-state index in [1.54, 1.807) is 26.2 Å². The molecule has 1 rings (SSSR count). The van der Waals surface area contributed by atoms with Crippen LogP contribution < -0.4 is 5.32 Å². The van der Waals surface area contributed by atoms with E-state index in [1.807, 2.05) is 13.1 Å². The standard InChI is InChI=1S/C12H18N2O3/c1-9-6-10(4-5-12(9)14(15)16)7-11(13-2)8-17-3/h4-6,11,13H,7-8H2,1-3H3. The molecule has 5 heteroatoms. The second kappa shape index (κ2) is 6.32. The molecule has 0 saturated carbocycles. The zero-order valence-corrected chi connectivity index (χ0v) is 10.4. The second-order valence-corrected chi connectivity index (χ2v) is 4.02. The first-order valence-electron chi connectivity index (χ1n) is 5.48. The summed E-state index contributed by atoms with van der Waals surface area (Å²) in [5.41, 5.74) is 1.94. The van der Waals surface area contributed by atoms with Gasteiger partial charge in [0.05, 0.1) is 11.5 Å². The lowest BCUT2D eigenvalue weighted by atomic mass is 10.0. The van der Waals surface area contributed by atoms with Crippen molar-refractivity contribution >= 4 is 5.69 Å². The quantitative estimate of drug-likeness (QED) is 0.605. The fourth-order valence-corrected chi connectivity index (χ4v) is 1.78. The number of benzene rings is 1. The Morgan fingerprint density at radius 1 is 1.53 bits per heavy atom. The molecule has 0 aliphatic rings. The molecule has 0 spiro atoms. The number of hydrogen-bond donors (Lipinski definition) is 1. The monoisotopic (exact) mass is 238 g/mol. The molecule has 0 heterocycles. The molecular weight excluding hydrogens is 220 g/mol. The van der Waals surface area contributed by atoms with Gasteiger partial charge in [-0.1, -0.05) is 6.07 Å². The van der Waals surface area contributed by atoms with Crippen molar-refractivity contribution in [2.45, 2.75) is 19.4 Å². The molecule has 0 fully saturated rings. The molecular formula is C12H18N2O3. The molecule has 0 saturated heterocycles. The maximum absolute atomic E-state index is 10.7. The Bertz CT molecular complexity index is 393. The first-order valence-corrected chi connectivity index (χ1v) is 5.48. The first-order chi connectivity index (χ1) is 8.08. The number of nitro benzene ring substituents is 1. The van der Waals surface area contributed by atoms with Crippen molar-refractivity contribution < 1.29 is 9.66 Å². The van der Waals surface area contributed by atoms with Crippen LogP contribution in [0.1, 0.15) is 11.1 Å². The lowest BCUT2D eigenvalue weighted by Gasteiger charge is -2.15. The maximum atomic E-state index is 10.7. The third-order valence-corrected chi connectivity index (χ3v) is 2.72. The smallest absolute Gasteiger partial charge is 0.272 e. The molecule has 1 aromatic rings. The van der Waals surface area contributed by atoms with Crippen molar-refractivity contribution in [3.63, 3.8) is 0 Å². The van der Waals surface area contributed by atoms with Crippen molar-refractivity contribution in [3.8, 4) is 0 Å². The predicted octanol–water partition coefficient (Wildman–Crippen LogP) is 1.68. The molecule has 0 aromatic heterocycles. The molecule has 1 aromatic carbocycles. The fraction of sp³-hybridized carbons (Fsp3) is 0.500. The zero-order chi connectivity index (χ0) is 12.8. The number of nitro groups is 1. The summed E-state index contributed by atoms with van der Waals surface area (Å²) < 4.78 is 5.09. The van der Waals surface area contributed by atoms with E-state index in [0.29, 0.717) is 12.2 Å². The third-order valence-electron chi connectivity index (χ3n) is 2.72. The molecule has 0 amide bonds. The van der Waals surface area contributed by atoms with E-state index in [4.69, 9.17) is 4.74 Å². The van der Waals surface area contributed by atoms with Gasteiger partial charge in [0.2, 0.25) is 0 Å². The average molecular weight is 238 g/mol. The van der Waals surface area contributed by atoms with Crippen molar-refractivity contribution in [3.05, 3.63) is 39.4 Å². The van der Waals surface area contributed by atoms with Crippen LogP contribution in [0, 0.1) is 17.0 Å². The number of methoxy groups -OCH3 is 1. The van der Waals surface area contributed by atoms with Crippen LogP contribution in [0.15, 0.2) is 18.2 Å². The van der Waals surface area contributed by atoms with E-state index >= 15 is 0 Å². The summed E-state index contributed by atoms with van der Waals surface area (Å²) in [6.45, 7) is 2.37. The lowest BCUT2D eigenvalue weighted by molar-refractivity contribution is -0.385. The summed E-state index contributed by atoms with van der Waals surface area (Å²) in [6.07, 6.45) is 0.795. The van der Waals surface area contributed by atoms with Crippen LogP contribution in [0.2, 0.25) is 0 Å². The summed E-state index contributed by atoms with van der Waals surface area (Å²) in [6, 6.07) is 5.44. The van der Waals surface area contributed by atoms with Crippen molar-refractivity contribution in [2.24, 2.45) is 0 Å². The van der Waals surface area contributed by atoms with Gasteiger partial charge in [-0.3, -0.25) is 10.1 Å². The van der Waals surface area contributed by atoms with Gasteiger partial charge in [-0.15, -0.1) is 0 Å². The van der Waals surface area contributed by atoms with Gasteiger partial charge in [0, 0.05) is 24.8 Å². The van der Waals surface area contributed by atoms with Crippen molar-refractivity contribution in [2.75, 3.05) is 20.8 Å². The summed E-state index contributed by atoms with van der Waals surface area (Å²) in [5, 5.41) is 13.8. The Hall–Kier alpha value is -1.46. The first kappa shape index (κ1) is 13.6. The van der Waals surface area contributed by atoms with Gasteiger partial charge in [0.1, 0.15) is 0 Å². The molecule has 1 unspecified atom stereocenters. The average Bonchev–Trinajstić information content (AvgIpc) is 2.28. The Labute approximate surface area is 101 Å². The van der Waals surface area contributed by atoms with Crippen molar-refractivity contribution in [1.82, 2.24) is 5.32 Å². The minimum atomic E-state index is -0.357. The molecule has 1 N–H and O–H groups in total. The molecule has 0 aliphatic heterocycles. The highest BCUT2D eigenvalue weighted by Crippen LogP contribution is 2.19. The van der Waals surface area contributed by atoms with E-state index in [0.717, 1.165) is 12.0 Å². The largest absolute Gasteiger partial charge is 0.383 e. The normalized spacial score (nSPS) is 12.4. The van der Waals surface area contributed by atoms with E-state index < -0.39 is 0 Å². The molecule has 5 nitrogen and oxygen atoms in total. The number of nitrogens with zero attached hydrogens (tertiary/aromatic N) is 1. The zero-order valence-electron chi connectivity index (χ0n) is 10.4. The molecule has 94 valence electrons. The minimum Gasteiger partial charge on any atom is -0.383 e. The van der Waals surface area contributed by atoms with Crippen molar-refractivity contribution in [1.29, 1.82) is 0 Å². The maximum Gasteiger partial charge on any atom is 0.272 e. The highest BCUT2D eigenvalue weighted by atomic mass is 16.6. The van der Waals surface area contributed by atoms with Gasteiger partial charge in [-0.25, -0.2) is 0 Å². The van der Waals surface area contributed by atoms with Crippen LogP contribution in [0.25, 0.3) is 0 Å². The predicted molar refractivity (Wildman–Crippen MR) is 66.3 cm³/mol.